The highest BCUT2D eigenvalue weighted by Crippen LogP contribution is 2.21. The second-order valence-corrected chi connectivity index (χ2v) is 5.81. The number of nitrogens with one attached hydrogen (secondary N) is 2. The number of aromatic nitrogens is 2. The minimum Gasteiger partial charge on any atom is -0.354 e. The molecule has 0 radical (unpaired) electrons. The smallest absolute Gasteiger partial charge is 0.254 e. The summed E-state index contributed by atoms with van der Waals surface area (Å²) in [5.41, 5.74) is 1.45. The molecule has 122 valence electrons. The lowest BCUT2D eigenvalue weighted by molar-refractivity contribution is 0.0953. The van der Waals surface area contributed by atoms with Gasteiger partial charge in [-0.05, 0) is 30.5 Å². The van der Waals surface area contributed by atoms with Gasteiger partial charge in [-0.15, -0.1) is 0 Å². The fourth-order valence-electron chi connectivity index (χ4n) is 1.91. The highest BCUT2D eigenvalue weighted by Gasteiger charge is 2.06. The van der Waals surface area contributed by atoms with E-state index in [0.29, 0.717) is 34.6 Å². The summed E-state index contributed by atoms with van der Waals surface area (Å²) in [6.45, 7) is 3.26. The van der Waals surface area contributed by atoms with Crippen LogP contribution in [0, 0.1) is 0 Å². The Labute approximate surface area is 145 Å². The van der Waals surface area contributed by atoms with Crippen molar-refractivity contribution in [3.05, 3.63) is 51.8 Å². The van der Waals surface area contributed by atoms with Gasteiger partial charge < -0.3 is 10.6 Å². The summed E-state index contributed by atoms with van der Waals surface area (Å²) in [7, 11) is 0. The van der Waals surface area contributed by atoms with Crippen LogP contribution in [0.15, 0.2) is 30.6 Å². The van der Waals surface area contributed by atoms with E-state index in [1.807, 2.05) is 19.1 Å². The Balaban J connectivity index is 1.85. The minimum atomic E-state index is -0.161. The van der Waals surface area contributed by atoms with Gasteiger partial charge in [0.05, 0.1) is 5.56 Å². The third-order valence-corrected chi connectivity index (χ3v) is 3.73. The molecule has 0 aliphatic heterocycles. The van der Waals surface area contributed by atoms with Gasteiger partial charge in [-0.1, -0.05) is 36.2 Å². The molecule has 5 nitrogen and oxygen atoms in total. The molecule has 1 heterocycles. The molecular formula is C16H18Cl2N4O. The van der Waals surface area contributed by atoms with E-state index in [4.69, 9.17) is 23.2 Å². The normalized spacial score (nSPS) is 10.4. The maximum absolute atomic E-state index is 11.7. The Morgan fingerprint density at radius 1 is 1.17 bits per heavy atom. The van der Waals surface area contributed by atoms with Crippen LogP contribution in [0.1, 0.15) is 29.3 Å². The van der Waals surface area contributed by atoms with Crippen molar-refractivity contribution in [1.29, 1.82) is 0 Å². The quantitative estimate of drug-likeness (QED) is 0.799. The van der Waals surface area contributed by atoms with Crippen LogP contribution in [0.5, 0.6) is 0 Å². The van der Waals surface area contributed by atoms with Gasteiger partial charge >= 0.3 is 0 Å². The predicted octanol–water partition coefficient (Wildman–Crippen LogP) is 3.58. The molecule has 0 atom stereocenters. The Hall–Kier alpha value is -1.85. The number of benzene rings is 1. The third-order valence-electron chi connectivity index (χ3n) is 3.14. The van der Waals surface area contributed by atoms with Crippen molar-refractivity contribution in [1.82, 2.24) is 15.3 Å². The molecule has 0 aliphatic carbocycles. The zero-order valence-corrected chi connectivity index (χ0v) is 14.3. The lowest BCUT2D eigenvalue weighted by Gasteiger charge is -2.07. The Kier molecular flexibility index (Phi) is 6.62. The molecule has 7 heteroatoms. The zero-order chi connectivity index (χ0) is 16.7. The van der Waals surface area contributed by atoms with Gasteiger partial charge in [0, 0.05) is 35.5 Å². The second kappa shape index (κ2) is 8.70. The summed E-state index contributed by atoms with van der Waals surface area (Å²) in [6, 6.07) is 5.43. The van der Waals surface area contributed by atoms with Gasteiger partial charge in [0.25, 0.3) is 5.91 Å². The van der Waals surface area contributed by atoms with Crippen molar-refractivity contribution in [2.24, 2.45) is 0 Å². The van der Waals surface area contributed by atoms with Gasteiger partial charge in [0.1, 0.15) is 0 Å². The van der Waals surface area contributed by atoms with Crippen molar-refractivity contribution in [3.8, 4) is 0 Å². The van der Waals surface area contributed by atoms with Crippen molar-refractivity contribution < 1.29 is 4.79 Å². The maximum atomic E-state index is 11.7. The average molecular weight is 353 g/mol. The number of nitrogens with zero attached hydrogens (tertiary/aromatic N) is 2. The molecule has 0 saturated carbocycles. The number of hydrogen-bond acceptors (Lipinski definition) is 4. The van der Waals surface area contributed by atoms with Crippen molar-refractivity contribution >= 4 is 35.1 Å². The van der Waals surface area contributed by atoms with E-state index in [-0.39, 0.29) is 5.91 Å². The number of hydrogen-bond donors (Lipinski definition) is 2. The molecule has 0 spiro atoms. The van der Waals surface area contributed by atoms with Gasteiger partial charge in [-0.3, -0.25) is 4.79 Å². The van der Waals surface area contributed by atoms with Gasteiger partial charge in [0.2, 0.25) is 5.95 Å². The molecule has 2 rings (SSSR count). The third kappa shape index (κ3) is 5.37. The molecule has 1 aromatic carbocycles. The molecule has 0 bridgehead atoms. The number of carbonyl (C=O) groups is 1. The molecule has 0 saturated heterocycles. The van der Waals surface area contributed by atoms with E-state index in [0.717, 1.165) is 18.4 Å². The van der Waals surface area contributed by atoms with E-state index in [2.05, 4.69) is 20.6 Å². The molecule has 1 amide bonds. The largest absolute Gasteiger partial charge is 0.354 e. The maximum Gasteiger partial charge on any atom is 0.254 e. The highest BCUT2D eigenvalue weighted by atomic mass is 35.5. The summed E-state index contributed by atoms with van der Waals surface area (Å²) in [6.07, 6.45) is 4.63. The van der Waals surface area contributed by atoms with Crippen LogP contribution in [0.3, 0.4) is 0 Å². The Bertz CT molecular complexity index is 662. The first kappa shape index (κ1) is 17.5. The fourth-order valence-corrected chi connectivity index (χ4v) is 2.41. The average Bonchev–Trinajstić information content (AvgIpc) is 2.55. The first-order valence-corrected chi connectivity index (χ1v) is 8.13. The van der Waals surface area contributed by atoms with Gasteiger partial charge in [-0.25, -0.2) is 9.97 Å². The van der Waals surface area contributed by atoms with Gasteiger partial charge in [0.15, 0.2) is 0 Å². The highest BCUT2D eigenvalue weighted by molar-refractivity contribution is 6.35. The van der Waals surface area contributed by atoms with Crippen molar-refractivity contribution in [2.45, 2.75) is 19.8 Å². The Morgan fingerprint density at radius 3 is 2.57 bits per heavy atom. The summed E-state index contributed by atoms with van der Waals surface area (Å²) in [5, 5.41) is 7.14. The molecule has 0 aliphatic rings. The van der Waals surface area contributed by atoms with Crippen LogP contribution in [0.25, 0.3) is 0 Å². The van der Waals surface area contributed by atoms with E-state index in [9.17, 15) is 4.79 Å². The number of carbonyl (C=O) groups excluding carboxylic acids is 1. The van der Waals surface area contributed by atoms with Crippen LogP contribution >= 0.6 is 23.2 Å². The lowest BCUT2D eigenvalue weighted by atomic mass is 10.1. The summed E-state index contributed by atoms with van der Waals surface area (Å²) < 4.78 is 0. The molecule has 23 heavy (non-hydrogen) atoms. The summed E-state index contributed by atoms with van der Waals surface area (Å²) in [4.78, 5) is 20.0. The van der Waals surface area contributed by atoms with Crippen LogP contribution in [-0.4, -0.2) is 29.0 Å². The van der Waals surface area contributed by atoms with Crippen molar-refractivity contribution in [3.63, 3.8) is 0 Å². The Morgan fingerprint density at radius 2 is 1.91 bits per heavy atom. The fraction of sp³-hybridized carbons (Fsp3) is 0.312. The molecule has 2 aromatic rings. The number of rotatable bonds is 7. The monoisotopic (exact) mass is 352 g/mol. The predicted molar refractivity (Wildman–Crippen MR) is 93.3 cm³/mol. The second-order valence-electron chi connectivity index (χ2n) is 4.96. The first-order valence-electron chi connectivity index (χ1n) is 7.38. The van der Waals surface area contributed by atoms with E-state index >= 15 is 0 Å². The number of amides is 1. The molecule has 0 unspecified atom stereocenters. The van der Waals surface area contributed by atoms with E-state index < -0.39 is 0 Å². The van der Waals surface area contributed by atoms with Crippen molar-refractivity contribution in [2.75, 3.05) is 18.4 Å². The topological polar surface area (TPSA) is 66.9 Å². The zero-order valence-electron chi connectivity index (χ0n) is 12.8. The number of anilines is 1. The SMILES string of the molecule is CCCNC(=O)c1cnc(NCCc2ccc(Cl)cc2Cl)nc1. The molecule has 0 fully saturated rings. The molecule has 1 aromatic heterocycles. The first-order chi connectivity index (χ1) is 11.1. The standard InChI is InChI=1S/C16H18Cl2N4O/c1-2-6-19-15(23)12-9-21-16(22-10-12)20-7-5-11-3-4-13(17)8-14(11)18/h3-4,8-10H,2,5-7H2,1H3,(H,19,23)(H,20,21,22). The van der Waals surface area contributed by atoms with Crippen LogP contribution < -0.4 is 10.6 Å². The molecule has 2 N–H and O–H groups in total. The van der Waals surface area contributed by atoms with Gasteiger partial charge in [-0.2, -0.15) is 0 Å². The van der Waals surface area contributed by atoms with E-state index in [1.165, 1.54) is 12.4 Å². The summed E-state index contributed by atoms with van der Waals surface area (Å²) in [5.74, 6) is 0.313. The lowest BCUT2D eigenvalue weighted by Crippen LogP contribution is -2.24. The minimum absolute atomic E-state index is 0.161. The van der Waals surface area contributed by atoms with Crippen LogP contribution in [-0.2, 0) is 6.42 Å². The van der Waals surface area contributed by atoms with Crippen LogP contribution in [0.2, 0.25) is 10.0 Å². The molecular weight excluding hydrogens is 335 g/mol. The summed E-state index contributed by atoms with van der Waals surface area (Å²) >= 11 is 12.0. The van der Waals surface area contributed by atoms with E-state index in [1.54, 1.807) is 6.07 Å². The number of halogens is 2. The van der Waals surface area contributed by atoms with Crippen LogP contribution in [0.4, 0.5) is 5.95 Å².